The van der Waals surface area contributed by atoms with Gasteiger partial charge in [-0.2, -0.15) is 0 Å². The van der Waals surface area contributed by atoms with Gasteiger partial charge in [-0.3, -0.25) is 4.79 Å². The molecule has 3 unspecified atom stereocenters. The number of halogens is 5. The van der Waals surface area contributed by atoms with Crippen molar-refractivity contribution in [1.29, 1.82) is 0 Å². The van der Waals surface area contributed by atoms with Crippen LogP contribution in [-0.2, 0) is 35.2 Å². The Kier molecular flexibility index (Phi) is 13.8. The largest absolute Gasteiger partial charge is 0.479 e. The minimum absolute atomic E-state index is 0.0681. The third kappa shape index (κ3) is 10.6. The van der Waals surface area contributed by atoms with Crippen molar-refractivity contribution in [3.8, 4) is 0 Å². The Morgan fingerprint density at radius 3 is 1.40 bits per heavy atom. The van der Waals surface area contributed by atoms with E-state index in [1.807, 2.05) is 0 Å². The summed E-state index contributed by atoms with van der Waals surface area (Å²) in [6, 6.07) is 14.8. The number of carbonyl (C=O) groups excluding carboxylic acids is 2. The molecule has 0 aromatic heterocycles. The number of aliphatic carboxylic acids is 1. The first kappa shape index (κ1) is 35.7. The van der Waals surface area contributed by atoms with E-state index in [4.69, 9.17) is 9.84 Å². The number of carbonyl (C=O) groups is 3. The number of carboxylic acid groups (broad SMARTS) is 1. The lowest BCUT2D eigenvalue weighted by Crippen LogP contribution is -2.29. The molecule has 0 aliphatic rings. The highest BCUT2D eigenvalue weighted by atomic mass is 19.2. The van der Waals surface area contributed by atoms with Gasteiger partial charge in [-0.1, -0.05) is 36.4 Å². The van der Waals surface area contributed by atoms with E-state index >= 15 is 0 Å². The summed E-state index contributed by atoms with van der Waals surface area (Å²) >= 11 is 0. The smallest absolute Gasteiger partial charge is 0.348 e. The zero-order chi connectivity index (χ0) is 32.1. The van der Waals surface area contributed by atoms with Crippen LogP contribution >= 0.6 is 0 Å². The third-order valence-corrected chi connectivity index (χ3v) is 5.84. The van der Waals surface area contributed by atoms with Crippen LogP contribution in [0.25, 0.3) is 0 Å². The lowest BCUT2D eigenvalue weighted by atomic mass is 9.98. The first-order valence-corrected chi connectivity index (χ1v) is 12.8. The van der Waals surface area contributed by atoms with Gasteiger partial charge < -0.3 is 14.6 Å². The van der Waals surface area contributed by atoms with Crippen molar-refractivity contribution in [2.24, 2.45) is 0 Å². The van der Waals surface area contributed by atoms with Crippen molar-refractivity contribution >= 4 is 17.9 Å². The summed E-state index contributed by atoms with van der Waals surface area (Å²) in [5.41, 5.74) is -3.91. The van der Waals surface area contributed by atoms with Crippen LogP contribution in [0.2, 0.25) is 0 Å². The van der Waals surface area contributed by atoms with Crippen LogP contribution in [0.15, 0.2) is 72.8 Å². The molecular weight excluding hydrogens is 563 g/mol. The molecule has 3 aromatic rings. The second-order valence-electron chi connectivity index (χ2n) is 9.07. The summed E-state index contributed by atoms with van der Waals surface area (Å²) in [7, 11) is 0. The molecule has 11 heteroatoms. The second kappa shape index (κ2) is 16.2. The number of carboxylic acids is 1. The van der Waals surface area contributed by atoms with E-state index in [-0.39, 0.29) is 35.4 Å². The molecular formula is C31H33F5O6. The van der Waals surface area contributed by atoms with Crippen LogP contribution in [0, 0.1) is 17.5 Å². The predicted octanol–water partition coefficient (Wildman–Crippen LogP) is 7.16. The lowest BCUT2D eigenvalue weighted by Gasteiger charge is -2.18. The van der Waals surface area contributed by atoms with E-state index in [0.717, 1.165) is 55.8 Å². The lowest BCUT2D eigenvalue weighted by molar-refractivity contribution is -0.157. The van der Waals surface area contributed by atoms with Crippen LogP contribution in [0.1, 0.15) is 57.2 Å². The van der Waals surface area contributed by atoms with Gasteiger partial charge in [0.15, 0.2) is 0 Å². The molecule has 0 amide bonds. The van der Waals surface area contributed by atoms with E-state index in [1.54, 1.807) is 32.9 Å². The second-order valence-corrected chi connectivity index (χ2v) is 9.07. The van der Waals surface area contributed by atoms with Crippen molar-refractivity contribution in [1.82, 2.24) is 0 Å². The van der Waals surface area contributed by atoms with Crippen LogP contribution in [-0.4, -0.2) is 36.2 Å². The van der Waals surface area contributed by atoms with E-state index in [2.05, 4.69) is 4.74 Å². The number of alkyl halides is 2. The average molecular weight is 597 g/mol. The van der Waals surface area contributed by atoms with Crippen LogP contribution < -0.4 is 0 Å². The number of hydrogen-bond donors (Lipinski definition) is 1. The van der Waals surface area contributed by atoms with Gasteiger partial charge in [-0.15, -0.1) is 0 Å². The van der Waals surface area contributed by atoms with Crippen molar-refractivity contribution < 1.29 is 50.9 Å². The summed E-state index contributed by atoms with van der Waals surface area (Å²) in [5, 5.41) is 8.50. The highest BCUT2D eigenvalue weighted by Crippen LogP contribution is 2.27. The summed E-state index contributed by atoms with van der Waals surface area (Å²) in [4.78, 5) is 33.0. The minimum Gasteiger partial charge on any atom is -0.479 e. The Labute approximate surface area is 241 Å². The zero-order valence-corrected chi connectivity index (χ0v) is 23.8. The molecule has 3 atom stereocenters. The SMILES string of the molecule is CC(F)(C(=O)O)c1ccc(F)cc1.CCOC(=O)C(C)(F)c1ccc(F)cc1.CCOC(=O)C(C)c1ccc(F)cc1. The van der Waals surface area contributed by atoms with Crippen LogP contribution in [0.5, 0.6) is 0 Å². The highest BCUT2D eigenvalue weighted by molar-refractivity contribution is 5.80. The molecule has 3 aromatic carbocycles. The molecule has 228 valence electrons. The number of benzene rings is 3. The Bertz CT molecular complexity index is 1290. The maximum Gasteiger partial charge on any atom is 0.348 e. The van der Waals surface area contributed by atoms with Gasteiger partial charge in [0.25, 0.3) is 0 Å². The topological polar surface area (TPSA) is 89.9 Å². The van der Waals surface area contributed by atoms with Crippen molar-refractivity contribution in [3.63, 3.8) is 0 Å². The molecule has 0 radical (unpaired) electrons. The molecule has 0 bridgehead atoms. The van der Waals surface area contributed by atoms with Gasteiger partial charge in [0.05, 0.1) is 19.1 Å². The molecule has 3 rings (SSSR count). The van der Waals surface area contributed by atoms with Gasteiger partial charge in [0, 0.05) is 11.1 Å². The third-order valence-electron chi connectivity index (χ3n) is 5.84. The maximum absolute atomic E-state index is 13.9. The molecule has 0 aliphatic carbocycles. The average Bonchev–Trinajstić information content (AvgIpc) is 2.94. The molecule has 6 nitrogen and oxygen atoms in total. The van der Waals surface area contributed by atoms with Gasteiger partial charge >= 0.3 is 17.9 Å². The van der Waals surface area contributed by atoms with Crippen molar-refractivity contribution in [3.05, 3.63) is 107 Å². The first-order valence-electron chi connectivity index (χ1n) is 12.8. The molecule has 0 spiro atoms. The van der Waals surface area contributed by atoms with Crippen LogP contribution in [0.3, 0.4) is 0 Å². The van der Waals surface area contributed by atoms with E-state index < -0.39 is 34.9 Å². The fourth-order valence-electron chi connectivity index (χ4n) is 3.19. The minimum atomic E-state index is -2.46. The Morgan fingerprint density at radius 2 is 1.05 bits per heavy atom. The fourth-order valence-corrected chi connectivity index (χ4v) is 3.19. The Hall–Kier alpha value is -4.28. The molecule has 0 fully saturated rings. The zero-order valence-electron chi connectivity index (χ0n) is 23.8. The monoisotopic (exact) mass is 596 g/mol. The van der Waals surface area contributed by atoms with Crippen molar-refractivity contribution in [2.75, 3.05) is 13.2 Å². The number of esters is 2. The number of rotatable bonds is 8. The molecule has 1 N–H and O–H groups in total. The van der Waals surface area contributed by atoms with Crippen LogP contribution in [0.4, 0.5) is 22.0 Å². The maximum atomic E-state index is 13.9. The summed E-state index contributed by atoms with van der Waals surface area (Å²) in [5.74, 6) is -4.46. The molecule has 0 saturated heterocycles. The van der Waals surface area contributed by atoms with E-state index in [0.29, 0.717) is 6.61 Å². The molecule has 0 aliphatic heterocycles. The standard InChI is InChI=1S/C11H12F2O2.C11H13FO2.C9H8F2O2/c1-3-15-10(14)11(2,13)8-4-6-9(12)7-5-8;1-3-14-11(13)8(2)9-4-6-10(12)7-5-9;1-9(11,8(12)13)6-2-4-7(10)5-3-6/h4-7H,3H2,1-2H3;4-8H,3H2,1-2H3;2-5H,1H3,(H,12,13). The van der Waals surface area contributed by atoms with Gasteiger partial charge in [0.1, 0.15) is 17.5 Å². The van der Waals surface area contributed by atoms with E-state index in [9.17, 15) is 36.3 Å². The molecule has 0 heterocycles. The normalized spacial score (nSPS) is 13.9. The summed E-state index contributed by atoms with van der Waals surface area (Å²) < 4.78 is 74.3. The highest BCUT2D eigenvalue weighted by Gasteiger charge is 2.37. The fraction of sp³-hybridized carbons (Fsp3) is 0.323. The Morgan fingerprint density at radius 1 is 0.690 bits per heavy atom. The van der Waals surface area contributed by atoms with Crippen molar-refractivity contribution in [2.45, 2.75) is 51.9 Å². The van der Waals surface area contributed by atoms with Gasteiger partial charge in [0.2, 0.25) is 11.3 Å². The number of ether oxygens (including phenoxy) is 2. The Balaban J connectivity index is 0.000000316. The van der Waals surface area contributed by atoms with E-state index in [1.165, 1.54) is 24.3 Å². The molecule has 0 saturated carbocycles. The summed E-state index contributed by atoms with van der Waals surface area (Å²) in [6.07, 6.45) is 0. The predicted molar refractivity (Wildman–Crippen MR) is 145 cm³/mol. The van der Waals surface area contributed by atoms with Gasteiger partial charge in [-0.25, -0.2) is 31.5 Å². The quantitative estimate of drug-likeness (QED) is 0.219. The molecule has 42 heavy (non-hydrogen) atoms. The summed E-state index contributed by atoms with van der Waals surface area (Å²) in [6.45, 7) is 7.59. The first-order chi connectivity index (χ1) is 19.6. The van der Waals surface area contributed by atoms with Gasteiger partial charge in [-0.05, 0) is 76.6 Å². The number of hydrogen-bond acceptors (Lipinski definition) is 5.